The first-order chi connectivity index (χ1) is 14.2. The van der Waals surface area contributed by atoms with Gasteiger partial charge in [-0.3, -0.25) is 14.9 Å². The lowest BCUT2D eigenvalue weighted by molar-refractivity contribution is 0.0995. The molecule has 154 valence electrons. The summed E-state index contributed by atoms with van der Waals surface area (Å²) in [6, 6.07) is 9.50. The van der Waals surface area contributed by atoms with Gasteiger partial charge in [-0.25, -0.2) is 13.4 Å². The number of fused-ring (bicyclic) bond motifs is 1. The van der Waals surface area contributed by atoms with Gasteiger partial charge in [0.1, 0.15) is 0 Å². The molecule has 4 rings (SSSR count). The van der Waals surface area contributed by atoms with Crippen molar-refractivity contribution < 1.29 is 22.4 Å². The summed E-state index contributed by atoms with van der Waals surface area (Å²) in [5, 5.41) is 6.31. The Bertz CT molecular complexity index is 1370. The number of carbonyl (C=O) groups is 2. The minimum absolute atomic E-state index is 0.176. The molecule has 0 fully saturated rings. The molecule has 2 amide bonds. The van der Waals surface area contributed by atoms with Crippen molar-refractivity contribution in [1.29, 1.82) is 0 Å². The molecular formula is C19H15N3O5S3. The fourth-order valence-corrected chi connectivity index (χ4v) is 5.28. The number of amides is 2. The number of sulfone groups is 1. The van der Waals surface area contributed by atoms with E-state index in [1.165, 1.54) is 29.7 Å². The summed E-state index contributed by atoms with van der Waals surface area (Å²) >= 11 is 2.32. The van der Waals surface area contributed by atoms with E-state index in [9.17, 15) is 18.0 Å². The van der Waals surface area contributed by atoms with Crippen molar-refractivity contribution in [3.63, 3.8) is 0 Å². The number of aromatic nitrogens is 1. The maximum atomic E-state index is 12.7. The van der Waals surface area contributed by atoms with Crippen molar-refractivity contribution in [1.82, 2.24) is 4.98 Å². The van der Waals surface area contributed by atoms with Gasteiger partial charge in [0.05, 0.1) is 31.3 Å². The number of rotatable bonds is 5. The fourth-order valence-electron chi connectivity index (χ4n) is 2.69. The number of furan rings is 1. The van der Waals surface area contributed by atoms with Crippen molar-refractivity contribution in [2.45, 2.75) is 11.8 Å². The predicted octanol–water partition coefficient (Wildman–Crippen LogP) is 4.17. The lowest BCUT2D eigenvalue weighted by atomic mass is 10.3. The molecule has 11 heteroatoms. The number of thiazole rings is 1. The molecule has 0 aliphatic carbocycles. The van der Waals surface area contributed by atoms with Crippen LogP contribution in [0, 0.1) is 6.92 Å². The number of hydrogen-bond donors (Lipinski definition) is 2. The molecule has 0 saturated carbocycles. The van der Waals surface area contributed by atoms with Crippen LogP contribution in [0.4, 0.5) is 10.1 Å². The fraction of sp³-hybridized carbons (Fsp3) is 0.105. The van der Waals surface area contributed by atoms with Gasteiger partial charge in [0.25, 0.3) is 11.8 Å². The first-order valence-corrected chi connectivity index (χ1v) is 12.1. The van der Waals surface area contributed by atoms with Gasteiger partial charge in [0, 0.05) is 6.26 Å². The van der Waals surface area contributed by atoms with Crippen LogP contribution in [-0.4, -0.2) is 31.5 Å². The van der Waals surface area contributed by atoms with Crippen LogP contribution in [0.2, 0.25) is 0 Å². The van der Waals surface area contributed by atoms with E-state index in [2.05, 4.69) is 15.6 Å². The third-order valence-corrected chi connectivity index (χ3v) is 7.31. The van der Waals surface area contributed by atoms with E-state index in [4.69, 9.17) is 4.42 Å². The SMILES string of the molecule is Cc1cc(NC(=O)c2ccco2)sc1C(=O)Nc1nc2ccc(S(C)(=O)=O)cc2s1. The Hall–Kier alpha value is -3.02. The maximum Gasteiger partial charge on any atom is 0.291 e. The maximum absolute atomic E-state index is 12.7. The molecule has 1 aromatic carbocycles. The van der Waals surface area contributed by atoms with E-state index in [0.717, 1.165) is 17.6 Å². The van der Waals surface area contributed by atoms with Crippen LogP contribution in [0.15, 0.2) is 52.0 Å². The first-order valence-electron chi connectivity index (χ1n) is 8.58. The summed E-state index contributed by atoms with van der Waals surface area (Å²) in [5.74, 6) is -0.588. The molecule has 3 heterocycles. The molecule has 0 atom stereocenters. The third kappa shape index (κ3) is 4.13. The molecule has 8 nitrogen and oxygen atoms in total. The van der Waals surface area contributed by atoms with Crippen molar-refractivity contribution in [3.05, 3.63) is 58.9 Å². The number of nitrogens with zero attached hydrogens (tertiary/aromatic N) is 1. The topological polar surface area (TPSA) is 118 Å². The molecule has 0 unspecified atom stereocenters. The Kier molecular flexibility index (Phi) is 5.18. The second-order valence-electron chi connectivity index (χ2n) is 6.43. The van der Waals surface area contributed by atoms with Crippen LogP contribution in [0.5, 0.6) is 0 Å². The minimum Gasteiger partial charge on any atom is -0.459 e. The summed E-state index contributed by atoms with van der Waals surface area (Å²) in [5.41, 5.74) is 1.30. The van der Waals surface area contributed by atoms with E-state index < -0.39 is 15.7 Å². The van der Waals surface area contributed by atoms with E-state index in [1.807, 2.05) is 0 Å². The van der Waals surface area contributed by atoms with Gasteiger partial charge in [-0.05, 0) is 48.9 Å². The zero-order valence-corrected chi connectivity index (χ0v) is 18.2. The standard InChI is InChI=1S/C19H15N3O5S3/c1-10-8-15(21-17(23)13-4-3-7-27-13)29-16(10)18(24)22-19-20-12-6-5-11(30(2,25)26)9-14(12)28-19/h3-9H,1-2H3,(H,21,23)(H,20,22,24). The van der Waals surface area contributed by atoms with Crippen LogP contribution in [-0.2, 0) is 9.84 Å². The van der Waals surface area contributed by atoms with E-state index in [-0.39, 0.29) is 16.6 Å². The predicted molar refractivity (Wildman–Crippen MR) is 116 cm³/mol. The molecule has 30 heavy (non-hydrogen) atoms. The van der Waals surface area contributed by atoms with E-state index >= 15 is 0 Å². The Morgan fingerprint density at radius 1 is 1.07 bits per heavy atom. The molecule has 0 spiro atoms. The summed E-state index contributed by atoms with van der Waals surface area (Å²) in [7, 11) is -3.33. The van der Waals surface area contributed by atoms with Crippen molar-refractivity contribution in [2.75, 3.05) is 16.9 Å². The van der Waals surface area contributed by atoms with Gasteiger partial charge in [0.2, 0.25) is 0 Å². The average Bonchev–Trinajstić information content (AvgIpc) is 3.39. The van der Waals surface area contributed by atoms with Crippen LogP contribution in [0.25, 0.3) is 10.2 Å². The van der Waals surface area contributed by atoms with Crippen molar-refractivity contribution in [3.8, 4) is 0 Å². The normalized spacial score (nSPS) is 11.5. The number of aryl methyl sites for hydroxylation is 1. The quantitative estimate of drug-likeness (QED) is 0.461. The average molecular weight is 462 g/mol. The van der Waals surface area contributed by atoms with Crippen molar-refractivity contribution >= 4 is 64.7 Å². The molecule has 2 N–H and O–H groups in total. The molecule has 0 saturated heterocycles. The van der Waals surface area contributed by atoms with Gasteiger partial charge < -0.3 is 9.73 Å². The lowest BCUT2D eigenvalue weighted by Gasteiger charge is -2.00. The van der Waals surface area contributed by atoms with Crippen LogP contribution < -0.4 is 10.6 Å². The zero-order valence-electron chi connectivity index (χ0n) is 15.8. The number of carbonyl (C=O) groups excluding carboxylic acids is 2. The molecular weight excluding hydrogens is 446 g/mol. The first kappa shape index (κ1) is 20.3. The highest BCUT2D eigenvalue weighted by Crippen LogP contribution is 2.31. The van der Waals surface area contributed by atoms with E-state index in [0.29, 0.717) is 30.8 Å². The van der Waals surface area contributed by atoms with Crippen LogP contribution >= 0.6 is 22.7 Å². The largest absolute Gasteiger partial charge is 0.459 e. The van der Waals surface area contributed by atoms with Gasteiger partial charge in [-0.15, -0.1) is 11.3 Å². The molecule has 0 bridgehead atoms. The number of thiophene rings is 1. The number of anilines is 2. The highest BCUT2D eigenvalue weighted by Gasteiger charge is 2.18. The Morgan fingerprint density at radius 2 is 1.87 bits per heavy atom. The summed E-state index contributed by atoms with van der Waals surface area (Å²) < 4.78 is 29.1. The summed E-state index contributed by atoms with van der Waals surface area (Å²) in [6.07, 6.45) is 2.55. The number of benzene rings is 1. The molecule has 0 radical (unpaired) electrons. The zero-order chi connectivity index (χ0) is 21.5. The number of hydrogen-bond acceptors (Lipinski definition) is 8. The van der Waals surface area contributed by atoms with Gasteiger partial charge in [-0.2, -0.15) is 0 Å². The molecule has 4 aromatic rings. The minimum atomic E-state index is -3.33. The third-order valence-electron chi connectivity index (χ3n) is 4.11. The van der Waals surface area contributed by atoms with Crippen LogP contribution in [0.3, 0.4) is 0 Å². The Balaban J connectivity index is 1.52. The van der Waals surface area contributed by atoms with Gasteiger partial charge in [0.15, 0.2) is 20.7 Å². The number of nitrogens with one attached hydrogen (secondary N) is 2. The summed E-state index contributed by atoms with van der Waals surface area (Å²) in [4.78, 5) is 29.8. The highest BCUT2D eigenvalue weighted by molar-refractivity contribution is 7.90. The Morgan fingerprint density at radius 3 is 2.57 bits per heavy atom. The second-order valence-corrected chi connectivity index (χ2v) is 10.5. The summed E-state index contributed by atoms with van der Waals surface area (Å²) in [6.45, 7) is 1.77. The van der Waals surface area contributed by atoms with E-state index in [1.54, 1.807) is 31.2 Å². The second kappa shape index (κ2) is 7.67. The van der Waals surface area contributed by atoms with Gasteiger partial charge >= 0.3 is 0 Å². The lowest BCUT2D eigenvalue weighted by Crippen LogP contribution is -2.11. The highest BCUT2D eigenvalue weighted by atomic mass is 32.2. The Labute approximate surface area is 179 Å². The molecule has 0 aliphatic heterocycles. The monoisotopic (exact) mass is 461 g/mol. The van der Waals surface area contributed by atoms with Crippen LogP contribution in [0.1, 0.15) is 25.8 Å². The molecule has 3 aromatic heterocycles. The molecule has 0 aliphatic rings. The smallest absolute Gasteiger partial charge is 0.291 e. The van der Waals surface area contributed by atoms with Crippen molar-refractivity contribution in [2.24, 2.45) is 0 Å². The van der Waals surface area contributed by atoms with Gasteiger partial charge in [-0.1, -0.05) is 11.3 Å².